The Morgan fingerprint density at radius 2 is 1.65 bits per heavy atom. The molecule has 124 valence electrons. The Morgan fingerprint density at radius 1 is 1.04 bits per heavy atom. The molecule has 23 heavy (non-hydrogen) atoms. The number of hydrogen-bond acceptors (Lipinski definition) is 4. The highest BCUT2D eigenvalue weighted by Gasteiger charge is 2.08. The van der Waals surface area contributed by atoms with Crippen LogP contribution in [0.1, 0.15) is 28.8 Å². The smallest absolute Gasteiger partial charge is 0.193 e. The Kier molecular flexibility index (Phi) is 8.77. The van der Waals surface area contributed by atoms with Gasteiger partial charge in [0.25, 0.3) is 0 Å². The molecule has 0 saturated carbocycles. The lowest BCUT2D eigenvalue weighted by Gasteiger charge is -2.09. The zero-order valence-electron chi connectivity index (χ0n) is 12.9. The van der Waals surface area contributed by atoms with Crippen molar-refractivity contribution in [3.63, 3.8) is 0 Å². The van der Waals surface area contributed by atoms with Crippen LogP contribution in [0.25, 0.3) is 0 Å². The van der Waals surface area contributed by atoms with Crippen LogP contribution in [-0.2, 0) is 0 Å². The molecule has 2 rings (SSSR count). The molecule has 0 aliphatic heterocycles. The summed E-state index contributed by atoms with van der Waals surface area (Å²) in [5, 5.41) is 0. The predicted molar refractivity (Wildman–Crippen MR) is 100 cm³/mol. The molecule has 5 heteroatoms. The van der Waals surface area contributed by atoms with Crippen molar-refractivity contribution in [3.05, 3.63) is 65.7 Å². The number of carbonyl (C=O) groups is 1. The van der Waals surface area contributed by atoms with Crippen molar-refractivity contribution in [1.82, 2.24) is 0 Å². The van der Waals surface area contributed by atoms with Gasteiger partial charge in [0.1, 0.15) is 5.75 Å². The van der Waals surface area contributed by atoms with E-state index in [1.807, 2.05) is 42.5 Å². The van der Waals surface area contributed by atoms with E-state index in [0.29, 0.717) is 23.5 Å². The largest absolute Gasteiger partial charge is 0.494 e. The number of rotatable bonds is 8. The lowest BCUT2D eigenvalue weighted by Crippen LogP contribution is -2.22. The number of carbonyl (C=O) groups excluding carboxylic acids is 1. The second-order valence-electron chi connectivity index (χ2n) is 5.15. The summed E-state index contributed by atoms with van der Waals surface area (Å²) < 4.78 is 5.65. The summed E-state index contributed by atoms with van der Waals surface area (Å²) in [5.41, 5.74) is 7.15. The summed E-state index contributed by atoms with van der Waals surface area (Å²) in [6.45, 7) is 0.619. The van der Waals surface area contributed by atoms with E-state index >= 15 is 0 Å². The highest BCUT2D eigenvalue weighted by molar-refractivity contribution is 7.80. The summed E-state index contributed by atoms with van der Waals surface area (Å²) in [6.07, 6.45) is 1.79. The maximum absolute atomic E-state index is 12.3. The molecule has 0 aliphatic carbocycles. The number of thiol groups is 1. The van der Waals surface area contributed by atoms with Crippen LogP contribution < -0.4 is 10.5 Å². The van der Waals surface area contributed by atoms with Crippen LogP contribution in [0.5, 0.6) is 5.75 Å². The molecule has 2 aromatic rings. The maximum Gasteiger partial charge on any atom is 0.193 e. The lowest BCUT2D eigenvalue weighted by molar-refractivity contribution is 0.103. The van der Waals surface area contributed by atoms with Crippen LogP contribution >= 0.6 is 25.0 Å². The first kappa shape index (κ1) is 19.6. The quantitative estimate of drug-likeness (QED) is 0.432. The van der Waals surface area contributed by atoms with Gasteiger partial charge < -0.3 is 10.5 Å². The summed E-state index contributed by atoms with van der Waals surface area (Å²) in [5.74, 6) is 1.48. The monoisotopic (exact) mass is 351 g/mol. The minimum Gasteiger partial charge on any atom is -0.494 e. The third kappa shape index (κ3) is 6.26. The maximum atomic E-state index is 12.3. The normalized spacial score (nSPS) is 11.4. The average molecular weight is 352 g/mol. The van der Waals surface area contributed by atoms with E-state index in [0.717, 1.165) is 18.6 Å². The lowest BCUT2D eigenvalue weighted by atomic mass is 10.0. The molecule has 0 saturated heterocycles. The molecular weight excluding hydrogens is 330 g/mol. The first-order valence-corrected chi connectivity index (χ1v) is 8.03. The van der Waals surface area contributed by atoms with E-state index in [-0.39, 0.29) is 24.2 Å². The van der Waals surface area contributed by atoms with Crippen LogP contribution in [0.4, 0.5) is 0 Å². The van der Waals surface area contributed by atoms with Gasteiger partial charge in [-0.15, -0.1) is 12.4 Å². The van der Waals surface area contributed by atoms with Crippen molar-refractivity contribution in [3.8, 4) is 5.75 Å². The highest BCUT2D eigenvalue weighted by atomic mass is 35.5. The number of ketones is 1. The van der Waals surface area contributed by atoms with E-state index in [9.17, 15) is 4.79 Å². The SMILES string of the molecule is Cl.N[C@@H](CS)CCCOc1ccc(C(=O)c2ccccc2)cc1. The van der Waals surface area contributed by atoms with Gasteiger partial charge in [-0.1, -0.05) is 30.3 Å². The minimum absolute atomic E-state index is 0. The zero-order chi connectivity index (χ0) is 15.8. The van der Waals surface area contributed by atoms with Gasteiger partial charge in [0.05, 0.1) is 6.61 Å². The fourth-order valence-electron chi connectivity index (χ4n) is 2.09. The number of nitrogens with two attached hydrogens (primary N) is 1. The molecule has 0 bridgehead atoms. The Bertz CT molecular complexity index is 590. The van der Waals surface area contributed by atoms with Gasteiger partial charge in [-0.2, -0.15) is 12.6 Å². The molecule has 0 amide bonds. The second-order valence-corrected chi connectivity index (χ2v) is 5.52. The van der Waals surface area contributed by atoms with Crippen LogP contribution in [-0.4, -0.2) is 24.2 Å². The Hall–Kier alpha value is -1.49. The minimum atomic E-state index is 0. The van der Waals surface area contributed by atoms with Gasteiger partial charge in [0.2, 0.25) is 0 Å². The van der Waals surface area contributed by atoms with E-state index in [1.165, 1.54) is 0 Å². The fourth-order valence-corrected chi connectivity index (χ4v) is 2.27. The molecule has 2 N–H and O–H groups in total. The van der Waals surface area contributed by atoms with Crippen molar-refractivity contribution in [2.45, 2.75) is 18.9 Å². The van der Waals surface area contributed by atoms with E-state index < -0.39 is 0 Å². The van der Waals surface area contributed by atoms with Gasteiger partial charge in [0.15, 0.2) is 5.78 Å². The van der Waals surface area contributed by atoms with Crippen molar-refractivity contribution < 1.29 is 9.53 Å². The van der Waals surface area contributed by atoms with Crippen molar-refractivity contribution in [1.29, 1.82) is 0 Å². The van der Waals surface area contributed by atoms with Gasteiger partial charge in [-0.25, -0.2) is 0 Å². The number of benzene rings is 2. The number of ether oxygens (including phenoxy) is 1. The van der Waals surface area contributed by atoms with E-state index in [4.69, 9.17) is 10.5 Å². The summed E-state index contributed by atoms with van der Waals surface area (Å²) in [4.78, 5) is 12.3. The molecule has 1 atom stereocenters. The molecule has 0 radical (unpaired) electrons. The van der Waals surface area contributed by atoms with Gasteiger partial charge >= 0.3 is 0 Å². The number of halogens is 1. The molecular formula is C18H22ClNO2S. The zero-order valence-corrected chi connectivity index (χ0v) is 14.6. The van der Waals surface area contributed by atoms with Crippen molar-refractivity contribution in [2.24, 2.45) is 5.73 Å². The molecule has 2 aromatic carbocycles. The Balaban J connectivity index is 0.00000264. The molecule has 3 nitrogen and oxygen atoms in total. The van der Waals surface area contributed by atoms with Crippen molar-refractivity contribution >= 4 is 30.8 Å². The van der Waals surface area contributed by atoms with E-state index in [1.54, 1.807) is 12.1 Å². The van der Waals surface area contributed by atoms with Crippen LogP contribution in [0, 0.1) is 0 Å². The van der Waals surface area contributed by atoms with Crippen LogP contribution in [0.2, 0.25) is 0 Å². The molecule has 0 fully saturated rings. The topological polar surface area (TPSA) is 52.3 Å². The summed E-state index contributed by atoms with van der Waals surface area (Å²) >= 11 is 4.15. The summed E-state index contributed by atoms with van der Waals surface area (Å²) in [6, 6.07) is 16.6. The third-order valence-electron chi connectivity index (χ3n) is 3.37. The predicted octanol–water partition coefficient (Wildman–Crippen LogP) is 3.76. The molecule has 0 heterocycles. The van der Waals surface area contributed by atoms with Crippen LogP contribution in [0.15, 0.2) is 54.6 Å². The third-order valence-corrected chi connectivity index (χ3v) is 3.84. The first-order valence-electron chi connectivity index (χ1n) is 7.40. The standard InChI is InChI=1S/C18H21NO2S.ClH/c19-16(13-22)7-4-12-21-17-10-8-15(9-11-17)18(20)14-5-2-1-3-6-14;/h1-3,5-6,8-11,16,22H,4,7,12-13,19H2;1H/t16-;/m1./s1. The molecule has 0 spiro atoms. The highest BCUT2D eigenvalue weighted by Crippen LogP contribution is 2.16. The summed E-state index contributed by atoms with van der Waals surface area (Å²) in [7, 11) is 0. The molecule has 0 unspecified atom stereocenters. The first-order chi connectivity index (χ1) is 10.7. The Labute approximate surface area is 149 Å². The Morgan fingerprint density at radius 3 is 2.26 bits per heavy atom. The fraction of sp³-hybridized carbons (Fsp3) is 0.278. The van der Waals surface area contributed by atoms with Crippen LogP contribution in [0.3, 0.4) is 0 Å². The van der Waals surface area contributed by atoms with Gasteiger partial charge in [-0.3, -0.25) is 4.79 Å². The molecule has 0 aliphatic rings. The average Bonchev–Trinajstić information content (AvgIpc) is 2.59. The van der Waals surface area contributed by atoms with Gasteiger partial charge in [0, 0.05) is 22.9 Å². The van der Waals surface area contributed by atoms with E-state index in [2.05, 4.69) is 12.6 Å². The van der Waals surface area contributed by atoms with Crippen molar-refractivity contribution in [2.75, 3.05) is 12.4 Å². The number of hydrogen-bond donors (Lipinski definition) is 2. The van der Waals surface area contributed by atoms with Gasteiger partial charge in [-0.05, 0) is 37.1 Å². The second kappa shape index (κ2) is 10.3. The molecule has 0 aromatic heterocycles.